The number of amides is 1. The highest BCUT2D eigenvalue weighted by Crippen LogP contribution is 2.03. The largest absolute Gasteiger partial charge is 0.363 e. The van der Waals surface area contributed by atoms with Gasteiger partial charge in [0.15, 0.2) is 0 Å². The summed E-state index contributed by atoms with van der Waals surface area (Å²) in [5.74, 6) is 0.410. The van der Waals surface area contributed by atoms with Gasteiger partial charge < -0.3 is 15.5 Å². The van der Waals surface area contributed by atoms with Gasteiger partial charge in [-0.2, -0.15) is 0 Å². The molecule has 0 unspecified atom stereocenters. The number of aromatic nitrogens is 3. The van der Waals surface area contributed by atoms with Gasteiger partial charge in [-0.05, 0) is 39.2 Å². The lowest BCUT2D eigenvalue weighted by Gasteiger charge is -2.09. The Morgan fingerprint density at radius 1 is 1.17 bits per heavy atom. The van der Waals surface area contributed by atoms with Crippen molar-refractivity contribution in [2.45, 2.75) is 13.0 Å². The standard InChI is InChI=1S/C16H22N6O/c1-22(2)9-5-8-18-16(23)14-11-21-15(12-19-14)20-10-13-6-3-4-7-17-13/h3-4,6-7,11-12H,5,8-10H2,1-2H3,(H,18,23)(H,20,21). The van der Waals surface area contributed by atoms with E-state index in [1.165, 1.54) is 6.20 Å². The van der Waals surface area contributed by atoms with E-state index >= 15 is 0 Å². The van der Waals surface area contributed by atoms with E-state index in [2.05, 4.69) is 30.5 Å². The zero-order valence-corrected chi connectivity index (χ0v) is 13.5. The van der Waals surface area contributed by atoms with Gasteiger partial charge in [-0.25, -0.2) is 9.97 Å². The Bertz CT molecular complexity index is 600. The summed E-state index contributed by atoms with van der Waals surface area (Å²) >= 11 is 0. The Morgan fingerprint density at radius 2 is 2.04 bits per heavy atom. The molecule has 2 N–H and O–H groups in total. The van der Waals surface area contributed by atoms with Gasteiger partial charge in [0.1, 0.15) is 11.5 Å². The van der Waals surface area contributed by atoms with E-state index in [9.17, 15) is 4.79 Å². The van der Waals surface area contributed by atoms with Crippen LogP contribution in [-0.4, -0.2) is 52.9 Å². The summed E-state index contributed by atoms with van der Waals surface area (Å²) in [6, 6.07) is 5.73. The van der Waals surface area contributed by atoms with Crippen LogP contribution in [0.15, 0.2) is 36.8 Å². The minimum absolute atomic E-state index is 0.201. The Labute approximate surface area is 136 Å². The van der Waals surface area contributed by atoms with Crippen LogP contribution >= 0.6 is 0 Å². The molecule has 0 aromatic carbocycles. The van der Waals surface area contributed by atoms with E-state index in [1.807, 2.05) is 32.3 Å². The number of nitrogens with zero attached hydrogens (tertiary/aromatic N) is 4. The van der Waals surface area contributed by atoms with E-state index < -0.39 is 0 Å². The van der Waals surface area contributed by atoms with E-state index in [1.54, 1.807) is 12.4 Å². The molecular weight excluding hydrogens is 292 g/mol. The van der Waals surface area contributed by atoms with Crippen molar-refractivity contribution in [3.05, 3.63) is 48.2 Å². The van der Waals surface area contributed by atoms with Crippen LogP contribution in [0.25, 0.3) is 0 Å². The summed E-state index contributed by atoms with van der Waals surface area (Å²) in [6.07, 6.45) is 5.67. The molecule has 0 bridgehead atoms. The van der Waals surface area contributed by atoms with Crippen molar-refractivity contribution in [3.63, 3.8) is 0 Å². The van der Waals surface area contributed by atoms with Gasteiger partial charge in [-0.15, -0.1) is 0 Å². The van der Waals surface area contributed by atoms with Crippen molar-refractivity contribution in [3.8, 4) is 0 Å². The summed E-state index contributed by atoms with van der Waals surface area (Å²) in [7, 11) is 4.01. The summed E-state index contributed by atoms with van der Waals surface area (Å²) in [5, 5.41) is 5.95. The van der Waals surface area contributed by atoms with Gasteiger partial charge in [-0.3, -0.25) is 9.78 Å². The van der Waals surface area contributed by atoms with Crippen molar-refractivity contribution in [2.75, 3.05) is 32.5 Å². The molecule has 2 heterocycles. The zero-order valence-electron chi connectivity index (χ0n) is 13.5. The molecule has 0 spiro atoms. The van der Waals surface area contributed by atoms with Crippen LogP contribution in [0.2, 0.25) is 0 Å². The summed E-state index contributed by atoms with van der Waals surface area (Å²) < 4.78 is 0. The molecule has 0 saturated heterocycles. The quantitative estimate of drug-likeness (QED) is 0.712. The average molecular weight is 314 g/mol. The number of anilines is 1. The lowest BCUT2D eigenvalue weighted by atomic mass is 10.3. The number of rotatable bonds is 8. The van der Waals surface area contributed by atoms with Crippen LogP contribution in [0, 0.1) is 0 Å². The number of carbonyl (C=O) groups excluding carboxylic acids is 1. The second-order valence-corrected chi connectivity index (χ2v) is 5.37. The first kappa shape index (κ1) is 16.8. The minimum Gasteiger partial charge on any atom is -0.363 e. The van der Waals surface area contributed by atoms with Crippen molar-refractivity contribution >= 4 is 11.7 Å². The summed E-state index contributed by atoms with van der Waals surface area (Å²) in [4.78, 5) is 26.6. The monoisotopic (exact) mass is 314 g/mol. The molecule has 0 saturated carbocycles. The van der Waals surface area contributed by atoms with Crippen LogP contribution in [0.3, 0.4) is 0 Å². The SMILES string of the molecule is CN(C)CCCNC(=O)c1cnc(NCc2ccccn2)cn1. The van der Waals surface area contributed by atoms with Crippen LogP contribution in [0.1, 0.15) is 22.6 Å². The molecule has 2 rings (SSSR count). The molecular formula is C16H22N6O. The molecule has 0 aliphatic carbocycles. The van der Waals surface area contributed by atoms with Gasteiger partial charge in [0.05, 0.1) is 24.6 Å². The lowest BCUT2D eigenvalue weighted by Crippen LogP contribution is -2.27. The first-order valence-corrected chi connectivity index (χ1v) is 7.54. The highest BCUT2D eigenvalue weighted by molar-refractivity contribution is 5.91. The minimum atomic E-state index is -0.201. The van der Waals surface area contributed by atoms with E-state index in [0.717, 1.165) is 18.7 Å². The Balaban J connectivity index is 1.78. The third-order valence-electron chi connectivity index (χ3n) is 3.13. The summed E-state index contributed by atoms with van der Waals surface area (Å²) in [6.45, 7) is 2.12. The number of pyridine rings is 1. The first-order valence-electron chi connectivity index (χ1n) is 7.54. The molecule has 0 aliphatic heterocycles. The van der Waals surface area contributed by atoms with Crippen LogP contribution in [-0.2, 0) is 6.54 Å². The molecule has 7 heteroatoms. The van der Waals surface area contributed by atoms with Crippen molar-refractivity contribution in [2.24, 2.45) is 0 Å². The maximum absolute atomic E-state index is 11.9. The molecule has 23 heavy (non-hydrogen) atoms. The third kappa shape index (κ3) is 5.99. The fourth-order valence-electron chi connectivity index (χ4n) is 1.91. The molecule has 122 valence electrons. The molecule has 0 atom stereocenters. The fraction of sp³-hybridized carbons (Fsp3) is 0.375. The Hall–Kier alpha value is -2.54. The predicted octanol–water partition coefficient (Wildman–Crippen LogP) is 1.17. The average Bonchev–Trinajstić information content (AvgIpc) is 2.58. The fourth-order valence-corrected chi connectivity index (χ4v) is 1.91. The van der Waals surface area contributed by atoms with Gasteiger partial charge >= 0.3 is 0 Å². The molecule has 0 radical (unpaired) electrons. The van der Waals surface area contributed by atoms with Gasteiger partial charge in [0, 0.05) is 12.7 Å². The van der Waals surface area contributed by atoms with E-state index in [4.69, 9.17) is 0 Å². The first-order chi connectivity index (χ1) is 11.1. The Kier molecular flexibility index (Phi) is 6.43. The molecule has 0 aliphatic rings. The predicted molar refractivity (Wildman–Crippen MR) is 89.1 cm³/mol. The highest BCUT2D eigenvalue weighted by atomic mass is 16.1. The lowest BCUT2D eigenvalue weighted by molar-refractivity contribution is 0.0947. The molecule has 0 fully saturated rings. The molecule has 2 aromatic rings. The van der Waals surface area contributed by atoms with Crippen LogP contribution in [0.4, 0.5) is 5.82 Å². The highest BCUT2D eigenvalue weighted by Gasteiger charge is 2.07. The van der Waals surface area contributed by atoms with Crippen molar-refractivity contribution in [1.29, 1.82) is 0 Å². The number of nitrogens with one attached hydrogen (secondary N) is 2. The molecule has 2 aromatic heterocycles. The van der Waals surface area contributed by atoms with Crippen molar-refractivity contribution in [1.82, 2.24) is 25.2 Å². The third-order valence-corrected chi connectivity index (χ3v) is 3.13. The van der Waals surface area contributed by atoms with Gasteiger partial charge in [0.25, 0.3) is 5.91 Å². The smallest absolute Gasteiger partial charge is 0.271 e. The van der Waals surface area contributed by atoms with Crippen molar-refractivity contribution < 1.29 is 4.79 Å². The topological polar surface area (TPSA) is 83.0 Å². The van der Waals surface area contributed by atoms with Gasteiger partial charge in [-0.1, -0.05) is 6.07 Å². The van der Waals surface area contributed by atoms with Crippen LogP contribution in [0.5, 0.6) is 0 Å². The maximum atomic E-state index is 11.9. The molecule has 7 nitrogen and oxygen atoms in total. The van der Waals surface area contributed by atoms with E-state index in [0.29, 0.717) is 24.6 Å². The maximum Gasteiger partial charge on any atom is 0.271 e. The second kappa shape index (κ2) is 8.79. The van der Waals surface area contributed by atoms with E-state index in [-0.39, 0.29) is 5.91 Å². The summed E-state index contributed by atoms with van der Waals surface area (Å²) in [5.41, 5.74) is 1.23. The Morgan fingerprint density at radius 3 is 2.70 bits per heavy atom. The molecule has 1 amide bonds. The zero-order chi connectivity index (χ0) is 16.5. The van der Waals surface area contributed by atoms with Crippen LogP contribution < -0.4 is 10.6 Å². The number of hydrogen-bond acceptors (Lipinski definition) is 6. The second-order valence-electron chi connectivity index (χ2n) is 5.37. The normalized spacial score (nSPS) is 10.6. The van der Waals surface area contributed by atoms with Gasteiger partial charge in [0.2, 0.25) is 0 Å². The number of hydrogen-bond donors (Lipinski definition) is 2. The number of carbonyl (C=O) groups is 1.